The standard InChI is InChI=1S/C24H33FN4/c1-18-9-10-22(15-23(18)25)19(2)28-24(26-3)27-16-21-12-14-29(17-21)13-11-20-7-5-4-6-8-20/h4-10,15,19,21H,11-14,16-17H2,1-3H3,(H2,26,27,28). The number of aryl methyl sites for hydroxylation is 1. The summed E-state index contributed by atoms with van der Waals surface area (Å²) in [6.45, 7) is 8.10. The van der Waals surface area contributed by atoms with Crippen molar-refractivity contribution >= 4 is 5.96 Å². The predicted octanol–water partition coefficient (Wildman–Crippen LogP) is 3.92. The van der Waals surface area contributed by atoms with Crippen molar-refractivity contribution in [3.05, 3.63) is 71.0 Å². The highest BCUT2D eigenvalue weighted by molar-refractivity contribution is 5.80. The Kier molecular flexibility index (Phi) is 7.64. The Morgan fingerprint density at radius 2 is 2.03 bits per heavy atom. The minimum Gasteiger partial charge on any atom is -0.356 e. The van der Waals surface area contributed by atoms with Crippen LogP contribution in [0, 0.1) is 18.7 Å². The first-order valence-corrected chi connectivity index (χ1v) is 10.5. The summed E-state index contributed by atoms with van der Waals surface area (Å²) in [6, 6.07) is 16.1. The van der Waals surface area contributed by atoms with Crippen molar-refractivity contribution < 1.29 is 4.39 Å². The molecule has 2 aromatic carbocycles. The third-order valence-electron chi connectivity index (χ3n) is 5.76. The summed E-state index contributed by atoms with van der Waals surface area (Å²) in [5.41, 5.74) is 2.99. The molecule has 2 aromatic rings. The monoisotopic (exact) mass is 396 g/mol. The van der Waals surface area contributed by atoms with Crippen LogP contribution in [-0.2, 0) is 6.42 Å². The van der Waals surface area contributed by atoms with Crippen LogP contribution in [0.5, 0.6) is 0 Å². The molecule has 0 bridgehead atoms. The zero-order valence-electron chi connectivity index (χ0n) is 17.8. The molecule has 1 aliphatic rings. The molecule has 2 N–H and O–H groups in total. The van der Waals surface area contributed by atoms with E-state index in [1.165, 1.54) is 12.0 Å². The number of benzene rings is 2. The molecule has 5 heteroatoms. The zero-order valence-corrected chi connectivity index (χ0v) is 17.8. The van der Waals surface area contributed by atoms with Crippen molar-refractivity contribution in [2.75, 3.05) is 33.2 Å². The van der Waals surface area contributed by atoms with Gasteiger partial charge in [-0.25, -0.2) is 4.39 Å². The number of aliphatic imine (C=N–C) groups is 1. The van der Waals surface area contributed by atoms with Crippen LogP contribution in [0.2, 0.25) is 0 Å². The van der Waals surface area contributed by atoms with E-state index in [1.807, 2.05) is 19.1 Å². The molecule has 0 radical (unpaired) electrons. The van der Waals surface area contributed by atoms with Crippen LogP contribution in [0.25, 0.3) is 0 Å². The van der Waals surface area contributed by atoms with Gasteiger partial charge >= 0.3 is 0 Å². The van der Waals surface area contributed by atoms with Gasteiger partial charge in [0.05, 0.1) is 6.04 Å². The van der Waals surface area contributed by atoms with Gasteiger partial charge in [-0.05, 0) is 61.9 Å². The van der Waals surface area contributed by atoms with Crippen LogP contribution < -0.4 is 10.6 Å². The minimum atomic E-state index is -0.166. The van der Waals surface area contributed by atoms with Crippen LogP contribution in [0.4, 0.5) is 4.39 Å². The molecule has 29 heavy (non-hydrogen) atoms. The van der Waals surface area contributed by atoms with E-state index in [0.29, 0.717) is 11.5 Å². The molecule has 0 saturated carbocycles. The lowest BCUT2D eigenvalue weighted by atomic mass is 10.1. The first kappa shape index (κ1) is 21.3. The van der Waals surface area contributed by atoms with Crippen LogP contribution in [-0.4, -0.2) is 44.1 Å². The lowest BCUT2D eigenvalue weighted by Crippen LogP contribution is -2.41. The number of guanidine groups is 1. The van der Waals surface area contributed by atoms with E-state index in [-0.39, 0.29) is 11.9 Å². The molecule has 4 nitrogen and oxygen atoms in total. The van der Waals surface area contributed by atoms with Gasteiger partial charge in [-0.2, -0.15) is 0 Å². The maximum Gasteiger partial charge on any atom is 0.191 e. The van der Waals surface area contributed by atoms with Crippen LogP contribution in [0.1, 0.15) is 36.1 Å². The van der Waals surface area contributed by atoms with E-state index >= 15 is 0 Å². The number of likely N-dealkylation sites (tertiary alicyclic amines) is 1. The average molecular weight is 397 g/mol. The molecule has 2 atom stereocenters. The average Bonchev–Trinajstić information content (AvgIpc) is 3.20. The Morgan fingerprint density at radius 1 is 1.24 bits per heavy atom. The van der Waals surface area contributed by atoms with Gasteiger partial charge in [0.15, 0.2) is 5.96 Å². The Balaban J connectivity index is 1.42. The topological polar surface area (TPSA) is 39.7 Å². The van der Waals surface area contributed by atoms with E-state index in [1.54, 1.807) is 20.0 Å². The zero-order chi connectivity index (χ0) is 20.6. The van der Waals surface area contributed by atoms with E-state index in [2.05, 4.69) is 50.9 Å². The number of rotatable bonds is 7. The fraction of sp³-hybridized carbons (Fsp3) is 0.458. The molecule has 0 amide bonds. The molecule has 1 aliphatic heterocycles. The summed E-state index contributed by atoms with van der Waals surface area (Å²) in [4.78, 5) is 6.89. The van der Waals surface area contributed by atoms with Crippen molar-refractivity contribution in [1.82, 2.24) is 15.5 Å². The molecule has 0 spiro atoms. The molecule has 156 valence electrons. The van der Waals surface area contributed by atoms with E-state index in [4.69, 9.17) is 0 Å². The number of hydrogen-bond acceptors (Lipinski definition) is 2. The maximum atomic E-state index is 13.8. The summed E-state index contributed by atoms with van der Waals surface area (Å²) < 4.78 is 13.8. The summed E-state index contributed by atoms with van der Waals surface area (Å²) in [5, 5.41) is 6.82. The van der Waals surface area contributed by atoms with Crippen molar-refractivity contribution in [2.45, 2.75) is 32.7 Å². The van der Waals surface area contributed by atoms with Crippen molar-refractivity contribution in [3.8, 4) is 0 Å². The van der Waals surface area contributed by atoms with Crippen LogP contribution in [0.3, 0.4) is 0 Å². The first-order valence-electron chi connectivity index (χ1n) is 10.5. The molecule has 1 saturated heterocycles. The SMILES string of the molecule is CN=C(NCC1CCN(CCc2ccccc2)C1)NC(C)c1ccc(C)c(F)c1. The highest BCUT2D eigenvalue weighted by Gasteiger charge is 2.22. The second kappa shape index (κ2) is 10.4. The summed E-state index contributed by atoms with van der Waals surface area (Å²) in [5.74, 6) is 1.22. The normalized spacial score (nSPS) is 18.6. The number of halogens is 1. The maximum absolute atomic E-state index is 13.8. The molecule has 1 heterocycles. The van der Waals surface area contributed by atoms with Crippen molar-refractivity contribution in [3.63, 3.8) is 0 Å². The molecule has 3 rings (SSSR count). The van der Waals surface area contributed by atoms with Gasteiger partial charge in [0.1, 0.15) is 5.82 Å². The number of nitrogens with zero attached hydrogens (tertiary/aromatic N) is 2. The Morgan fingerprint density at radius 3 is 2.76 bits per heavy atom. The fourth-order valence-corrected chi connectivity index (χ4v) is 3.82. The lowest BCUT2D eigenvalue weighted by Gasteiger charge is -2.20. The summed E-state index contributed by atoms with van der Waals surface area (Å²) in [6.07, 6.45) is 2.31. The molecule has 0 aromatic heterocycles. The van der Waals surface area contributed by atoms with E-state index < -0.39 is 0 Å². The summed E-state index contributed by atoms with van der Waals surface area (Å²) >= 11 is 0. The predicted molar refractivity (Wildman–Crippen MR) is 119 cm³/mol. The van der Waals surface area contributed by atoms with Gasteiger partial charge < -0.3 is 15.5 Å². The number of hydrogen-bond donors (Lipinski definition) is 2. The third-order valence-corrected chi connectivity index (χ3v) is 5.76. The molecule has 2 unspecified atom stereocenters. The lowest BCUT2D eigenvalue weighted by molar-refractivity contribution is 0.328. The van der Waals surface area contributed by atoms with E-state index in [9.17, 15) is 4.39 Å². The quantitative estimate of drug-likeness (QED) is 0.550. The minimum absolute atomic E-state index is 0.0118. The highest BCUT2D eigenvalue weighted by atomic mass is 19.1. The fourth-order valence-electron chi connectivity index (χ4n) is 3.82. The van der Waals surface area contributed by atoms with Crippen molar-refractivity contribution in [2.24, 2.45) is 10.9 Å². The van der Waals surface area contributed by atoms with Crippen LogP contribution in [0.15, 0.2) is 53.5 Å². The Labute approximate surface area is 174 Å². The van der Waals surface area contributed by atoms with Gasteiger partial charge in [-0.3, -0.25) is 4.99 Å². The van der Waals surface area contributed by atoms with Crippen LogP contribution >= 0.6 is 0 Å². The second-order valence-electron chi connectivity index (χ2n) is 8.02. The van der Waals surface area contributed by atoms with Gasteiger partial charge in [0.25, 0.3) is 0 Å². The van der Waals surface area contributed by atoms with Gasteiger partial charge in [-0.15, -0.1) is 0 Å². The van der Waals surface area contributed by atoms with Crippen molar-refractivity contribution in [1.29, 1.82) is 0 Å². The highest BCUT2D eigenvalue weighted by Crippen LogP contribution is 2.17. The molecular formula is C24H33FN4. The molecule has 0 aliphatic carbocycles. The smallest absolute Gasteiger partial charge is 0.191 e. The van der Waals surface area contributed by atoms with E-state index in [0.717, 1.165) is 44.1 Å². The second-order valence-corrected chi connectivity index (χ2v) is 8.02. The molecular weight excluding hydrogens is 363 g/mol. The Hall–Kier alpha value is -2.40. The van der Waals surface area contributed by atoms with Gasteiger partial charge in [0, 0.05) is 26.7 Å². The van der Waals surface area contributed by atoms with Gasteiger partial charge in [0.2, 0.25) is 0 Å². The first-order chi connectivity index (χ1) is 14.0. The molecule has 1 fully saturated rings. The summed E-state index contributed by atoms with van der Waals surface area (Å²) in [7, 11) is 1.78. The third kappa shape index (κ3) is 6.29. The van der Waals surface area contributed by atoms with Gasteiger partial charge in [-0.1, -0.05) is 42.5 Å². The number of nitrogens with one attached hydrogen (secondary N) is 2. The largest absolute Gasteiger partial charge is 0.356 e. The Bertz CT molecular complexity index is 806.